The second-order valence-electron chi connectivity index (χ2n) is 7.82. The number of hydrogen-bond donors (Lipinski definition) is 2. The van der Waals surface area contributed by atoms with E-state index in [1.807, 2.05) is 66.0 Å². The molecular weight excluding hydrogens is 470 g/mol. The van der Waals surface area contributed by atoms with Gasteiger partial charge >= 0.3 is 0 Å². The minimum atomic E-state index is -3.72. The van der Waals surface area contributed by atoms with Gasteiger partial charge in [-0.1, -0.05) is 41.9 Å². The van der Waals surface area contributed by atoms with Gasteiger partial charge in [-0.3, -0.25) is 10.0 Å². The molecule has 0 unspecified atom stereocenters. The van der Waals surface area contributed by atoms with Crippen molar-refractivity contribution >= 4 is 44.5 Å². The number of nitrogens with one attached hydrogen (secondary N) is 1. The number of amidine groups is 1. The minimum Gasteiger partial charge on any atom is -0.457 e. The molecule has 0 bridgehead atoms. The Hall–Kier alpha value is -3.65. The molecule has 0 saturated heterocycles. The van der Waals surface area contributed by atoms with Crippen molar-refractivity contribution in [2.24, 2.45) is 4.99 Å². The molecule has 0 atom stereocenters. The number of hydrogen-bond acceptors (Lipinski definition) is 4. The topological polar surface area (TPSA) is 84.4 Å². The third-order valence-electron chi connectivity index (χ3n) is 5.28. The molecule has 0 fully saturated rings. The summed E-state index contributed by atoms with van der Waals surface area (Å²) in [5, 5.41) is 2.49. The normalized spacial score (nSPS) is 12.7. The van der Waals surface area contributed by atoms with E-state index >= 15 is 0 Å². The van der Waals surface area contributed by atoms with Gasteiger partial charge in [-0.05, 0) is 66.2 Å². The summed E-state index contributed by atoms with van der Waals surface area (Å²) in [4.78, 5) is 4.84. The fraction of sp³-hybridized carbons (Fsp3) is 0.0385. The van der Waals surface area contributed by atoms with Crippen LogP contribution in [0.4, 0.5) is 17.1 Å². The quantitative estimate of drug-likeness (QED) is 0.339. The number of fused-ring (bicyclic) bond motifs is 1. The molecule has 1 heterocycles. The Morgan fingerprint density at radius 1 is 0.853 bits per heavy atom. The van der Waals surface area contributed by atoms with E-state index in [0.717, 1.165) is 34.3 Å². The molecular formula is C26H21ClN3O3S+. The van der Waals surface area contributed by atoms with Gasteiger partial charge in [0, 0.05) is 11.1 Å². The van der Waals surface area contributed by atoms with Gasteiger partial charge in [0.2, 0.25) is 5.84 Å². The number of benzene rings is 4. The average molecular weight is 491 g/mol. The maximum absolute atomic E-state index is 12.7. The van der Waals surface area contributed by atoms with Gasteiger partial charge in [0.15, 0.2) is 5.69 Å². The molecule has 0 saturated carbocycles. The summed E-state index contributed by atoms with van der Waals surface area (Å²) in [7, 11) is -3.72. The summed E-state index contributed by atoms with van der Waals surface area (Å²) in [5.74, 6) is 2.47. The van der Waals surface area contributed by atoms with Crippen LogP contribution >= 0.6 is 11.6 Å². The largest absolute Gasteiger partial charge is 0.457 e. The number of para-hydroxylation sites is 1. The second kappa shape index (κ2) is 9.30. The first-order valence-corrected chi connectivity index (χ1v) is 12.5. The van der Waals surface area contributed by atoms with Gasteiger partial charge in [-0.15, -0.1) is 0 Å². The molecule has 0 aromatic heterocycles. The number of sulfonamides is 1. The monoisotopic (exact) mass is 490 g/mol. The Balaban J connectivity index is 1.26. The van der Waals surface area contributed by atoms with Crippen molar-refractivity contribution in [3.8, 4) is 11.5 Å². The second-order valence-corrected chi connectivity index (χ2v) is 9.94. The van der Waals surface area contributed by atoms with Crippen molar-refractivity contribution in [3.05, 3.63) is 108 Å². The lowest BCUT2D eigenvalue weighted by molar-refractivity contribution is -0.440. The van der Waals surface area contributed by atoms with Gasteiger partial charge in [0.25, 0.3) is 10.0 Å². The van der Waals surface area contributed by atoms with Crippen molar-refractivity contribution in [1.82, 2.24) is 0 Å². The summed E-state index contributed by atoms with van der Waals surface area (Å²) in [6.07, 6.45) is 0.659. The Morgan fingerprint density at radius 3 is 2.29 bits per heavy atom. The van der Waals surface area contributed by atoms with Crippen molar-refractivity contribution in [2.75, 3.05) is 4.72 Å². The Kier molecular flexibility index (Phi) is 6.06. The van der Waals surface area contributed by atoms with Gasteiger partial charge in [0.05, 0.1) is 17.0 Å². The highest BCUT2D eigenvalue weighted by molar-refractivity contribution is 7.92. The molecule has 0 radical (unpaired) electrons. The van der Waals surface area contributed by atoms with E-state index in [-0.39, 0.29) is 4.90 Å². The summed E-state index contributed by atoms with van der Waals surface area (Å²) >= 11 is 5.86. The van der Waals surface area contributed by atoms with Crippen LogP contribution < -0.4 is 14.8 Å². The zero-order chi connectivity index (χ0) is 23.5. The van der Waals surface area contributed by atoms with Crippen LogP contribution in [-0.2, 0) is 16.4 Å². The van der Waals surface area contributed by atoms with Gasteiger partial charge in [-0.2, -0.15) is 4.99 Å². The van der Waals surface area contributed by atoms with Crippen molar-refractivity contribution in [1.29, 1.82) is 0 Å². The smallest absolute Gasteiger partial charge is 0.261 e. The molecule has 1 aliphatic heterocycles. The van der Waals surface area contributed by atoms with Gasteiger partial charge in [-0.25, -0.2) is 8.42 Å². The van der Waals surface area contributed by atoms with Crippen molar-refractivity contribution < 1.29 is 18.5 Å². The predicted molar refractivity (Wildman–Crippen MR) is 134 cm³/mol. The number of nitrogens with two attached hydrogens (primary N) is 1. The van der Waals surface area contributed by atoms with Crippen LogP contribution in [0, 0.1) is 0 Å². The fourth-order valence-corrected chi connectivity index (χ4v) is 4.80. The van der Waals surface area contributed by atoms with Gasteiger partial charge in [0.1, 0.15) is 17.2 Å². The highest BCUT2D eigenvalue weighted by atomic mass is 35.5. The Labute approximate surface area is 202 Å². The number of rotatable bonds is 7. The molecule has 4 aromatic carbocycles. The van der Waals surface area contributed by atoms with E-state index < -0.39 is 10.0 Å². The zero-order valence-electron chi connectivity index (χ0n) is 18.0. The maximum Gasteiger partial charge on any atom is 0.261 e. The molecule has 0 amide bonds. The third-order valence-corrected chi connectivity index (χ3v) is 6.93. The molecule has 0 spiro atoms. The number of quaternary nitrogens is 1. The van der Waals surface area contributed by atoms with Crippen LogP contribution in [0.3, 0.4) is 0 Å². The van der Waals surface area contributed by atoms with E-state index in [0.29, 0.717) is 17.1 Å². The first kappa shape index (κ1) is 22.2. The molecule has 4 aromatic rings. The average Bonchev–Trinajstić information content (AvgIpc) is 3.22. The number of halogens is 1. The van der Waals surface area contributed by atoms with E-state index in [2.05, 4.69) is 9.71 Å². The SMILES string of the molecule is O=S(=O)(Nc1ccc2c(c1)N=C(Cc1ccc(Oc3ccccc3)cc1)[NH2+]2)c1ccc(Cl)cc1. The first-order valence-electron chi connectivity index (χ1n) is 10.6. The molecule has 0 aliphatic carbocycles. The lowest BCUT2D eigenvalue weighted by Crippen LogP contribution is -2.81. The van der Waals surface area contributed by atoms with E-state index in [9.17, 15) is 8.42 Å². The van der Waals surface area contributed by atoms with Crippen molar-refractivity contribution in [3.63, 3.8) is 0 Å². The molecule has 1 aliphatic rings. The van der Waals surface area contributed by atoms with Crippen LogP contribution in [0.5, 0.6) is 11.5 Å². The zero-order valence-corrected chi connectivity index (χ0v) is 19.6. The van der Waals surface area contributed by atoms with Gasteiger partial charge < -0.3 is 4.74 Å². The van der Waals surface area contributed by atoms with Crippen molar-refractivity contribution in [2.45, 2.75) is 11.3 Å². The first-order chi connectivity index (χ1) is 16.4. The Bertz CT molecular complexity index is 1450. The maximum atomic E-state index is 12.7. The van der Waals surface area contributed by atoms with Crippen LogP contribution in [0.1, 0.15) is 5.56 Å². The minimum absolute atomic E-state index is 0.146. The number of ether oxygens (including phenoxy) is 1. The third kappa shape index (κ3) is 5.12. The van der Waals surface area contributed by atoms with Crippen LogP contribution in [0.2, 0.25) is 5.02 Å². The molecule has 34 heavy (non-hydrogen) atoms. The van der Waals surface area contributed by atoms with Crippen LogP contribution in [0.15, 0.2) is 107 Å². The highest BCUT2D eigenvalue weighted by Crippen LogP contribution is 2.30. The summed E-state index contributed by atoms with van der Waals surface area (Å²) < 4.78 is 33.8. The molecule has 6 nitrogen and oxygen atoms in total. The molecule has 3 N–H and O–H groups in total. The summed E-state index contributed by atoms with van der Waals surface area (Å²) in [5.41, 5.74) is 3.24. The summed E-state index contributed by atoms with van der Waals surface area (Å²) in [6.45, 7) is 0. The van der Waals surface area contributed by atoms with E-state index in [4.69, 9.17) is 16.3 Å². The lowest BCUT2D eigenvalue weighted by Gasteiger charge is -2.08. The van der Waals surface area contributed by atoms with Crippen LogP contribution in [-0.4, -0.2) is 14.3 Å². The lowest BCUT2D eigenvalue weighted by atomic mass is 10.1. The molecule has 8 heteroatoms. The van der Waals surface area contributed by atoms with E-state index in [1.54, 1.807) is 24.3 Å². The number of anilines is 1. The number of nitrogens with zero attached hydrogens (tertiary/aromatic N) is 1. The fourth-order valence-electron chi connectivity index (χ4n) is 3.62. The highest BCUT2D eigenvalue weighted by Gasteiger charge is 2.22. The standard InChI is InChI=1S/C26H20ClN3O3S/c27-19-8-13-23(14-9-19)34(31,32)30-20-10-15-24-25(17-20)29-26(28-24)16-18-6-11-22(12-7-18)33-21-4-2-1-3-5-21/h1-15,17,30H,16H2,(H,28,29)/p+1. The summed E-state index contributed by atoms with van der Waals surface area (Å²) in [6, 6.07) is 28.9. The van der Waals surface area contributed by atoms with Crippen LogP contribution in [0.25, 0.3) is 0 Å². The van der Waals surface area contributed by atoms with E-state index in [1.165, 1.54) is 12.1 Å². The Morgan fingerprint density at radius 2 is 1.56 bits per heavy atom. The number of aliphatic imine (C=N–C) groups is 1. The molecule has 170 valence electrons. The molecule has 5 rings (SSSR count). The predicted octanol–water partition coefficient (Wildman–Crippen LogP) is 5.41.